The van der Waals surface area contributed by atoms with Crippen LogP contribution in [0.15, 0.2) is 36.4 Å². The van der Waals surface area contributed by atoms with E-state index in [0.29, 0.717) is 12.8 Å². The first kappa shape index (κ1) is 34.6. The normalized spacial score (nSPS) is 14.9. The summed E-state index contributed by atoms with van der Waals surface area (Å²) in [6.07, 6.45) is 6.20. The Bertz CT molecular complexity index is 866. The summed E-state index contributed by atoms with van der Waals surface area (Å²) in [6, 6.07) is 8.54. The van der Waals surface area contributed by atoms with Gasteiger partial charge in [-0.25, -0.2) is 4.79 Å². The van der Waals surface area contributed by atoms with Crippen LogP contribution in [0.5, 0.6) is 5.75 Å². The molecule has 6 nitrogen and oxygen atoms in total. The third-order valence-corrected chi connectivity index (χ3v) is 16.8. The van der Waals surface area contributed by atoms with E-state index in [4.69, 9.17) is 23.1 Å². The minimum absolute atomic E-state index is 0.0208. The molecule has 0 aliphatic rings. The van der Waals surface area contributed by atoms with Gasteiger partial charge in [0.15, 0.2) is 8.32 Å². The highest BCUT2D eigenvalue weighted by atomic mass is 28.4. The summed E-state index contributed by atoms with van der Waals surface area (Å²) in [7, 11) is -0.886. The van der Waals surface area contributed by atoms with Crippen LogP contribution in [0.2, 0.25) is 36.3 Å². The fraction of sp³-hybridized carbons (Fsp3) is 0.700. The summed E-state index contributed by atoms with van der Waals surface area (Å²) in [6.45, 7) is 22.9. The van der Waals surface area contributed by atoms with E-state index < -0.39 is 16.6 Å². The monoisotopic (exact) mass is 566 g/mol. The number of esters is 1. The van der Waals surface area contributed by atoms with E-state index in [0.717, 1.165) is 18.6 Å². The highest BCUT2D eigenvalue weighted by molar-refractivity contribution is 6.75. The number of ether oxygens (including phenoxy) is 3. The number of methoxy groups -OCH3 is 2. The molecule has 0 saturated heterocycles. The molecule has 38 heavy (non-hydrogen) atoms. The van der Waals surface area contributed by atoms with Crippen LogP contribution in [-0.4, -0.2) is 55.8 Å². The maximum absolute atomic E-state index is 11.5. The zero-order chi connectivity index (χ0) is 29.2. The molecule has 0 radical (unpaired) electrons. The summed E-state index contributed by atoms with van der Waals surface area (Å²) in [5.74, 6) is 0.574. The van der Waals surface area contributed by atoms with Gasteiger partial charge >= 0.3 is 5.97 Å². The second kappa shape index (κ2) is 14.8. The molecule has 218 valence electrons. The SMILES string of the molecule is COCO[C@H](C/C=C\C(=O)OC)C[C@H](CCc1ccc(O[Si](C)(C)C(C)(C)C)cc1)O[Si](C)(C)C(C)(C)C. The van der Waals surface area contributed by atoms with Gasteiger partial charge < -0.3 is 23.1 Å². The Hall–Kier alpha value is -1.46. The molecule has 1 aromatic carbocycles. The van der Waals surface area contributed by atoms with Crippen LogP contribution in [0.3, 0.4) is 0 Å². The van der Waals surface area contributed by atoms with Crippen molar-refractivity contribution in [3.8, 4) is 5.75 Å². The number of rotatable bonds is 15. The predicted molar refractivity (Wildman–Crippen MR) is 162 cm³/mol. The molecule has 0 aliphatic heterocycles. The largest absolute Gasteiger partial charge is 0.544 e. The van der Waals surface area contributed by atoms with Crippen LogP contribution in [0.25, 0.3) is 0 Å². The smallest absolute Gasteiger partial charge is 0.330 e. The number of carbonyl (C=O) groups excluding carboxylic acids is 1. The quantitative estimate of drug-likeness (QED) is 0.0931. The molecule has 0 unspecified atom stereocenters. The molecule has 0 amide bonds. The molecule has 0 bridgehead atoms. The number of benzene rings is 1. The van der Waals surface area contributed by atoms with Crippen LogP contribution >= 0.6 is 0 Å². The van der Waals surface area contributed by atoms with Gasteiger partial charge in [-0.15, -0.1) is 0 Å². The number of hydrogen-bond donors (Lipinski definition) is 0. The molecule has 8 heteroatoms. The topological polar surface area (TPSA) is 63.2 Å². The summed E-state index contributed by atoms with van der Waals surface area (Å²) in [5.41, 5.74) is 1.26. The Morgan fingerprint density at radius 1 is 0.895 bits per heavy atom. The first-order valence-electron chi connectivity index (χ1n) is 13.7. The summed E-state index contributed by atoms with van der Waals surface area (Å²) < 4.78 is 29.2. The predicted octanol–water partition coefficient (Wildman–Crippen LogP) is 7.89. The van der Waals surface area contributed by atoms with E-state index in [1.165, 1.54) is 18.7 Å². The van der Waals surface area contributed by atoms with Crippen LogP contribution in [-0.2, 0) is 29.9 Å². The zero-order valence-electron chi connectivity index (χ0n) is 26.1. The summed E-state index contributed by atoms with van der Waals surface area (Å²) in [5, 5.41) is 0.259. The molecule has 2 atom stereocenters. The second-order valence-electron chi connectivity index (χ2n) is 13.1. The maximum atomic E-state index is 11.5. The Labute approximate surface area is 234 Å². The highest BCUT2D eigenvalue weighted by Crippen LogP contribution is 2.39. The highest BCUT2D eigenvalue weighted by Gasteiger charge is 2.40. The van der Waals surface area contributed by atoms with E-state index in [2.05, 4.69) is 92.0 Å². The zero-order valence-corrected chi connectivity index (χ0v) is 28.1. The first-order valence-corrected chi connectivity index (χ1v) is 19.5. The molecule has 1 aromatic rings. The van der Waals surface area contributed by atoms with Crippen molar-refractivity contribution < 1.29 is 27.9 Å². The van der Waals surface area contributed by atoms with Gasteiger partial charge in [-0.3, -0.25) is 0 Å². The molecule has 0 aliphatic carbocycles. The second-order valence-corrected chi connectivity index (χ2v) is 22.6. The van der Waals surface area contributed by atoms with Gasteiger partial charge in [-0.05, 0) is 79.6 Å². The van der Waals surface area contributed by atoms with E-state index in [1.807, 2.05) is 0 Å². The van der Waals surface area contributed by atoms with Gasteiger partial charge in [0.1, 0.15) is 12.5 Å². The van der Waals surface area contributed by atoms with Gasteiger partial charge in [0.2, 0.25) is 8.32 Å². The lowest BCUT2D eigenvalue weighted by Crippen LogP contribution is -2.45. The number of carbonyl (C=O) groups is 1. The summed E-state index contributed by atoms with van der Waals surface area (Å²) >= 11 is 0. The van der Waals surface area contributed by atoms with Gasteiger partial charge in [0.05, 0.1) is 13.2 Å². The lowest BCUT2D eigenvalue weighted by Gasteiger charge is -2.40. The Balaban J connectivity index is 3.02. The molecule has 0 heterocycles. The van der Waals surface area contributed by atoms with Crippen molar-refractivity contribution in [2.24, 2.45) is 0 Å². The number of hydrogen-bond acceptors (Lipinski definition) is 6. The van der Waals surface area contributed by atoms with E-state index >= 15 is 0 Å². The molecule has 0 spiro atoms. The Kier molecular flexibility index (Phi) is 13.5. The minimum atomic E-state index is -2.01. The van der Waals surface area contributed by atoms with Crippen LogP contribution < -0.4 is 4.43 Å². The first-order chi connectivity index (χ1) is 17.4. The average molecular weight is 567 g/mol. The number of aryl methyl sites for hydroxylation is 1. The molecular weight excluding hydrogens is 512 g/mol. The maximum Gasteiger partial charge on any atom is 0.330 e. The van der Waals surface area contributed by atoms with Gasteiger partial charge in [-0.2, -0.15) is 0 Å². The molecule has 0 saturated carbocycles. The van der Waals surface area contributed by atoms with Crippen LogP contribution in [0.4, 0.5) is 0 Å². The van der Waals surface area contributed by atoms with Gasteiger partial charge in [0, 0.05) is 19.3 Å². The van der Waals surface area contributed by atoms with Crippen LogP contribution in [0.1, 0.15) is 66.4 Å². The fourth-order valence-electron chi connectivity index (χ4n) is 3.39. The van der Waals surface area contributed by atoms with Crippen molar-refractivity contribution in [3.63, 3.8) is 0 Å². The third kappa shape index (κ3) is 11.7. The minimum Gasteiger partial charge on any atom is -0.544 e. The summed E-state index contributed by atoms with van der Waals surface area (Å²) in [4.78, 5) is 11.5. The molecule has 1 rings (SSSR count). The van der Waals surface area contributed by atoms with Crippen molar-refractivity contribution in [2.75, 3.05) is 21.0 Å². The van der Waals surface area contributed by atoms with Gasteiger partial charge in [0.25, 0.3) is 0 Å². The molecule has 0 N–H and O–H groups in total. The van der Waals surface area contributed by atoms with Crippen molar-refractivity contribution in [2.45, 2.75) is 116 Å². The van der Waals surface area contributed by atoms with Crippen LogP contribution in [0, 0.1) is 0 Å². The van der Waals surface area contributed by atoms with E-state index in [1.54, 1.807) is 13.2 Å². The lowest BCUT2D eigenvalue weighted by molar-refractivity contribution is -0.134. The fourth-order valence-corrected chi connectivity index (χ4v) is 5.82. The molecule has 0 aromatic heterocycles. The van der Waals surface area contributed by atoms with Crippen molar-refractivity contribution >= 4 is 22.6 Å². The molecule has 0 fully saturated rings. The van der Waals surface area contributed by atoms with E-state index in [-0.39, 0.29) is 35.0 Å². The Morgan fingerprint density at radius 3 is 1.97 bits per heavy atom. The van der Waals surface area contributed by atoms with Gasteiger partial charge in [-0.1, -0.05) is 59.8 Å². The lowest BCUT2D eigenvalue weighted by atomic mass is 10.0. The third-order valence-electron chi connectivity index (χ3n) is 7.93. The van der Waals surface area contributed by atoms with Crippen molar-refractivity contribution in [1.82, 2.24) is 0 Å². The standard InChI is InChI=1S/C30H54O6Si2/c1-29(2,3)37(9,10)35-25-19-16-24(17-20-25)18-21-27(36-38(11,12)30(4,5)6)22-26(34-23-32-7)14-13-15-28(31)33-8/h13,15-17,19-20,26-27H,14,18,21-23H2,1-12H3/b15-13-/t26-,27+/m1/s1. The van der Waals surface area contributed by atoms with Crippen molar-refractivity contribution in [1.29, 1.82) is 0 Å². The van der Waals surface area contributed by atoms with Crippen molar-refractivity contribution in [3.05, 3.63) is 42.0 Å². The van der Waals surface area contributed by atoms with E-state index in [9.17, 15) is 4.79 Å². The average Bonchev–Trinajstić information content (AvgIpc) is 2.79. The molecular formula is C30H54O6Si2. The Morgan fingerprint density at radius 2 is 1.47 bits per heavy atom.